The lowest BCUT2D eigenvalue weighted by Crippen LogP contribution is -2.30. The van der Waals surface area contributed by atoms with Gasteiger partial charge in [-0.3, -0.25) is 14.5 Å². The van der Waals surface area contributed by atoms with Gasteiger partial charge >= 0.3 is 0 Å². The summed E-state index contributed by atoms with van der Waals surface area (Å²) in [5.41, 5.74) is 5.82. The van der Waals surface area contributed by atoms with E-state index in [9.17, 15) is 9.59 Å². The highest BCUT2D eigenvalue weighted by Gasteiger charge is 2.26. The summed E-state index contributed by atoms with van der Waals surface area (Å²) in [5.74, 6) is 0.0279. The van der Waals surface area contributed by atoms with E-state index in [0.29, 0.717) is 23.8 Å². The summed E-state index contributed by atoms with van der Waals surface area (Å²) in [6, 6.07) is 13.8. The summed E-state index contributed by atoms with van der Waals surface area (Å²) >= 11 is 1.44. The largest absolute Gasteiger partial charge is 0.308 e. The topological polar surface area (TPSA) is 65.5 Å². The Balaban J connectivity index is 1.28. The first-order valence-corrected chi connectivity index (χ1v) is 11.9. The Morgan fingerprint density at radius 2 is 1.84 bits per heavy atom. The number of rotatable bonds is 5. The number of fused-ring (bicyclic) bond motifs is 1. The molecule has 0 saturated carbocycles. The van der Waals surface area contributed by atoms with E-state index < -0.39 is 0 Å². The standard InChI is InChI=1S/C25H26N4O2S/c1-17-4-6-18(7-5-17)24(31)29-13-10-20-14-19(8-9-22(20)29)21-16-32-25(26-21)27-23(30)15-28-11-2-3-12-28/h4-9,14,16H,2-3,10-13,15H2,1H3,(H,26,27,30). The zero-order valence-electron chi connectivity index (χ0n) is 18.1. The van der Waals surface area contributed by atoms with Crippen LogP contribution in [0, 0.1) is 6.92 Å². The first-order chi connectivity index (χ1) is 15.6. The first kappa shape index (κ1) is 20.8. The van der Waals surface area contributed by atoms with E-state index in [4.69, 9.17) is 0 Å². The van der Waals surface area contributed by atoms with Crippen LogP contribution in [0.3, 0.4) is 0 Å². The third-order valence-electron chi connectivity index (χ3n) is 6.13. The number of carbonyl (C=O) groups is 2. The van der Waals surface area contributed by atoms with Crippen LogP contribution in [-0.4, -0.2) is 47.9 Å². The number of benzene rings is 2. The van der Waals surface area contributed by atoms with Crippen molar-refractivity contribution >= 4 is 34.0 Å². The van der Waals surface area contributed by atoms with Gasteiger partial charge in [0.1, 0.15) is 0 Å². The molecule has 5 rings (SSSR count). The highest BCUT2D eigenvalue weighted by atomic mass is 32.1. The van der Waals surface area contributed by atoms with Gasteiger partial charge in [0.25, 0.3) is 5.91 Å². The van der Waals surface area contributed by atoms with E-state index in [2.05, 4.69) is 21.3 Å². The Labute approximate surface area is 191 Å². The Morgan fingerprint density at radius 3 is 2.62 bits per heavy atom. The number of anilines is 2. The molecular formula is C25H26N4O2S. The molecule has 164 valence electrons. The van der Waals surface area contributed by atoms with Gasteiger partial charge in [0.15, 0.2) is 5.13 Å². The van der Waals surface area contributed by atoms with Crippen molar-refractivity contribution in [3.63, 3.8) is 0 Å². The van der Waals surface area contributed by atoms with Crippen molar-refractivity contribution < 1.29 is 9.59 Å². The third-order valence-corrected chi connectivity index (χ3v) is 6.89. The number of hydrogen-bond acceptors (Lipinski definition) is 5. The molecule has 6 nitrogen and oxygen atoms in total. The Morgan fingerprint density at radius 1 is 1.06 bits per heavy atom. The third kappa shape index (κ3) is 4.31. The summed E-state index contributed by atoms with van der Waals surface area (Å²) in [4.78, 5) is 33.9. The van der Waals surface area contributed by atoms with Gasteiger partial charge in [-0.1, -0.05) is 23.8 Å². The van der Waals surface area contributed by atoms with Crippen LogP contribution in [0.1, 0.15) is 34.3 Å². The molecule has 1 N–H and O–H groups in total. The van der Waals surface area contributed by atoms with Gasteiger partial charge in [0.05, 0.1) is 12.2 Å². The maximum Gasteiger partial charge on any atom is 0.258 e. The van der Waals surface area contributed by atoms with E-state index in [-0.39, 0.29) is 11.8 Å². The number of amides is 2. The SMILES string of the molecule is Cc1ccc(C(=O)N2CCc3cc(-c4csc(NC(=O)CN5CCCC5)n4)ccc32)cc1. The van der Waals surface area contributed by atoms with Crippen molar-refractivity contribution in [2.24, 2.45) is 0 Å². The second-order valence-electron chi connectivity index (χ2n) is 8.49. The number of likely N-dealkylation sites (tertiary alicyclic amines) is 1. The van der Waals surface area contributed by atoms with Crippen LogP contribution in [-0.2, 0) is 11.2 Å². The number of hydrogen-bond donors (Lipinski definition) is 1. The predicted molar refractivity (Wildman–Crippen MR) is 128 cm³/mol. The van der Waals surface area contributed by atoms with Gasteiger partial charge in [0, 0.05) is 28.7 Å². The lowest BCUT2D eigenvalue weighted by atomic mass is 10.1. The van der Waals surface area contributed by atoms with Crippen molar-refractivity contribution in [3.05, 3.63) is 64.5 Å². The molecule has 1 saturated heterocycles. The fourth-order valence-corrected chi connectivity index (χ4v) is 5.13. The molecule has 0 unspecified atom stereocenters. The van der Waals surface area contributed by atoms with Crippen LogP contribution in [0.4, 0.5) is 10.8 Å². The van der Waals surface area contributed by atoms with E-state index in [1.807, 2.05) is 53.6 Å². The van der Waals surface area contributed by atoms with Crippen LogP contribution >= 0.6 is 11.3 Å². The molecule has 3 heterocycles. The van der Waals surface area contributed by atoms with E-state index in [0.717, 1.165) is 47.6 Å². The summed E-state index contributed by atoms with van der Waals surface area (Å²) in [5, 5.41) is 5.52. The molecule has 0 radical (unpaired) electrons. The number of nitrogens with zero attached hydrogens (tertiary/aromatic N) is 3. The van der Waals surface area contributed by atoms with Crippen LogP contribution in [0.5, 0.6) is 0 Å². The van der Waals surface area contributed by atoms with Crippen molar-refractivity contribution in [1.29, 1.82) is 0 Å². The molecule has 0 bridgehead atoms. The summed E-state index contributed by atoms with van der Waals surface area (Å²) in [7, 11) is 0. The Hall–Kier alpha value is -3.03. The summed E-state index contributed by atoms with van der Waals surface area (Å²) < 4.78 is 0. The molecule has 7 heteroatoms. The summed E-state index contributed by atoms with van der Waals surface area (Å²) in [6.45, 7) is 5.12. The minimum Gasteiger partial charge on any atom is -0.308 e. The number of thiazole rings is 1. The Bertz CT molecular complexity index is 1150. The molecule has 2 aliphatic rings. The van der Waals surface area contributed by atoms with Crippen LogP contribution in [0.25, 0.3) is 11.3 Å². The van der Waals surface area contributed by atoms with Crippen molar-refractivity contribution in [2.45, 2.75) is 26.2 Å². The molecule has 2 aliphatic heterocycles. The van der Waals surface area contributed by atoms with E-state index in [1.165, 1.54) is 24.2 Å². The van der Waals surface area contributed by atoms with Crippen LogP contribution in [0.15, 0.2) is 47.8 Å². The number of nitrogens with one attached hydrogen (secondary N) is 1. The molecule has 32 heavy (non-hydrogen) atoms. The smallest absolute Gasteiger partial charge is 0.258 e. The zero-order chi connectivity index (χ0) is 22.1. The molecule has 1 fully saturated rings. The fraction of sp³-hybridized carbons (Fsp3) is 0.320. The molecule has 2 aromatic carbocycles. The van der Waals surface area contributed by atoms with Gasteiger partial charge in [-0.2, -0.15) is 0 Å². The van der Waals surface area contributed by atoms with Crippen LogP contribution < -0.4 is 10.2 Å². The quantitative estimate of drug-likeness (QED) is 0.633. The monoisotopic (exact) mass is 446 g/mol. The molecule has 2 amide bonds. The highest BCUT2D eigenvalue weighted by Crippen LogP contribution is 2.34. The number of aryl methyl sites for hydroxylation is 1. The average Bonchev–Trinajstić information content (AvgIpc) is 3.54. The highest BCUT2D eigenvalue weighted by molar-refractivity contribution is 7.14. The van der Waals surface area contributed by atoms with E-state index in [1.54, 1.807) is 0 Å². The normalized spacial score (nSPS) is 15.7. The van der Waals surface area contributed by atoms with Crippen molar-refractivity contribution in [2.75, 3.05) is 36.4 Å². The lowest BCUT2D eigenvalue weighted by Gasteiger charge is -2.17. The zero-order valence-corrected chi connectivity index (χ0v) is 19.0. The maximum atomic E-state index is 13.0. The molecule has 3 aromatic rings. The molecule has 0 atom stereocenters. The fourth-order valence-electron chi connectivity index (χ4n) is 4.39. The second kappa shape index (κ2) is 8.84. The van der Waals surface area contributed by atoms with Crippen LogP contribution in [0.2, 0.25) is 0 Å². The van der Waals surface area contributed by atoms with Crippen molar-refractivity contribution in [1.82, 2.24) is 9.88 Å². The Kier molecular flexibility index (Phi) is 5.76. The van der Waals surface area contributed by atoms with Gasteiger partial charge in [-0.25, -0.2) is 4.98 Å². The van der Waals surface area contributed by atoms with Gasteiger partial charge in [-0.05, 0) is 69.1 Å². The van der Waals surface area contributed by atoms with E-state index >= 15 is 0 Å². The minimum atomic E-state index is -0.00740. The maximum absolute atomic E-state index is 13.0. The van der Waals surface area contributed by atoms with Crippen molar-refractivity contribution in [3.8, 4) is 11.3 Å². The number of carbonyl (C=O) groups excluding carboxylic acids is 2. The molecule has 0 spiro atoms. The summed E-state index contributed by atoms with van der Waals surface area (Å²) in [6.07, 6.45) is 3.16. The van der Waals surface area contributed by atoms with Gasteiger partial charge in [0.2, 0.25) is 5.91 Å². The molecule has 0 aliphatic carbocycles. The number of aromatic nitrogens is 1. The second-order valence-corrected chi connectivity index (χ2v) is 9.34. The first-order valence-electron chi connectivity index (χ1n) is 11.1. The average molecular weight is 447 g/mol. The van der Waals surface area contributed by atoms with Gasteiger partial charge < -0.3 is 10.2 Å². The molecular weight excluding hydrogens is 420 g/mol. The molecule has 1 aromatic heterocycles. The predicted octanol–water partition coefficient (Wildman–Crippen LogP) is 4.36. The minimum absolute atomic E-state index is 0.00740. The van der Waals surface area contributed by atoms with Gasteiger partial charge in [-0.15, -0.1) is 11.3 Å². The lowest BCUT2D eigenvalue weighted by molar-refractivity contribution is -0.117.